The summed E-state index contributed by atoms with van der Waals surface area (Å²) in [6.45, 7) is 3.39. The smallest absolute Gasteiger partial charge is 0.141 e. The Balaban J connectivity index is 2.00. The lowest BCUT2D eigenvalue weighted by atomic mass is 10.2. The van der Waals surface area contributed by atoms with Crippen LogP contribution in [-0.2, 0) is 4.74 Å². The number of halogens is 1. The molecule has 1 aromatic rings. The van der Waals surface area contributed by atoms with Crippen LogP contribution in [0.3, 0.4) is 0 Å². The maximum Gasteiger partial charge on any atom is 0.141 e. The van der Waals surface area contributed by atoms with Crippen LogP contribution in [0.25, 0.3) is 0 Å². The van der Waals surface area contributed by atoms with E-state index in [1.165, 1.54) is 25.1 Å². The van der Waals surface area contributed by atoms with Crippen LogP contribution in [0.2, 0.25) is 0 Å². The average Bonchev–Trinajstić information content (AvgIpc) is 2.88. The molecule has 1 atom stereocenters. The van der Waals surface area contributed by atoms with Crippen molar-refractivity contribution in [2.24, 2.45) is 0 Å². The number of hydrogen-bond acceptors (Lipinski definition) is 4. The van der Waals surface area contributed by atoms with E-state index in [9.17, 15) is 4.39 Å². The Bertz CT molecular complexity index is 352. The van der Waals surface area contributed by atoms with Gasteiger partial charge in [0.15, 0.2) is 0 Å². The molecule has 0 radical (unpaired) electrons. The number of methoxy groups -OCH3 is 1. The zero-order chi connectivity index (χ0) is 12.8. The predicted molar refractivity (Wildman–Crippen MR) is 69.3 cm³/mol. The van der Waals surface area contributed by atoms with E-state index >= 15 is 0 Å². The summed E-state index contributed by atoms with van der Waals surface area (Å²) in [5, 5.41) is 3.46. The Kier molecular flexibility index (Phi) is 4.90. The molecule has 1 unspecified atom stereocenters. The van der Waals surface area contributed by atoms with Crippen LogP contribution in [0.1, 0.15) is 12.8 Å². The monoisotopic (exact) mass is 253 g/mol. The Morgan fingerprint density at radius 2 is 2.44 bits per heavy atom. The molecule has 0 aromatic carbocycles. The van der Waals surface area contributed by atoms with Gasteiger partial charge in [0, 0.05) is 26.2 Å². The number of pyridine rings is 1. The largest absolute Gasteiger partial charge is 0.383 e. The maximum absolute atomic E-state index is 12.9. The number of rotatable bonds is 6. The minimum absolute atomic E-state index is 0.301. The van der Waals surface area contributed by atoms with Crippen molar-refractivity contribution in [2.45, 2.75) is 18.9 Å². The second kappa shape index (κ2) is 6.66. The van der Waals surface area contributed by atoms with Gasteiger partial charge in [0.1, 0.15) is 11.6 Å². The molecule has 1 fully saturated rings. The highest BCUT2D eigenvalue weighted by Crippen LogP contribution is 2.14. The van der Waals surface area contributed by atoms with Crippen molar-refractivity contribution < 1.29 is 9.13 Å². The van der Waals surface area contributed by atoms with Gasteiger partial charge in [0.2, 0.25) is 0 Å². The van der Waals surface area contributed by atoms with Crippen molar-refractivity contribution in [3.8, 4) is 0 Å². The van der Waals surface area contributed by atoms with E-state index in [0.29, 0.717) is 12.6 Å². The fourth-order valence-corrected chi connectivity index (χ4v) is 2.23. The first-order valence-corrected chi connectivity index (χ1v) is 6.38. The van der Waals surface area contributed by atoms with Crippen molar-refractivity contribution in [2.75, 3.05) is 38.3 Å². The third kappa shape index (κ3) is 3.65. The minimum atomic E-state index is -0.301. The van der Waals surface area contributed by atoms with Gasteiger partial charge in [-0.3, -0.25) is 0 Å². The number of nitrogens with one attached hydrogen (secondary N) is 1. The van der Waals surface area contributed by atoms with Crippen molar-refractivity contribution in [1.82, 2.24) is 10.3 Å². The molecule has 1 aliphatic rings. The predicted octanol–water partition coefficient (Wildman–Crippen LogP) is 1.43. The summed E-state index contributed by atoms with van der Waals surface area (Å²) in [5.74, 6) is 0.506. The highest BCUT2D eigenvalue weighted by Gasteiger charge is 2.18. The van der Waals surface area contributed by atoms with Gasteiger partial charge in [-0.05, 0) is 31.5 Å². The van der Waals surface area contributed by atoms with E-state index in [4.69, 9.17) is 4.74 Å². The summed E-state index contributed by atoms with van der Waals surface area (Å²) >= 11 is 0. The topological polar surface area (TPSA) is 37.4 Å². The van der Waals surface area contributed by atoms with Gasteiger partial charge in [-0.2, -0.15) is 0 Å². The molecule has 0 amide bonds. The zero-order valence-electron chi connectivity index (χ0n) is 10.7. The van der Waals surface area contributed by atoms with Crippen molar-refractivity contribution in [3.05, 3.63) is 24.1 Å². The molecule has 4 nitrogen and oxygen atoms in total. The minimum Gasteiger partial charge on any atom is -0.383 e. The molecule has 5 heteroatoms. The summed E-state index contributed by atoms with van der Waals surface area (Å²) in [5.41, 5.74) is 0. The number of nitrogens with zero attached hydrogens (tertiary/aromatic N) is 2. The molecule has 2 rings (SSSR count). The van der Waals surface area contributed by atoms with Crippen molar-refractivity contribution >= 4 is 5.82 Å². The molecule has 1 aliphatic heterocycles. The molecular weight excluding hydrogens is 233 g/mol. The Labute approximate surface area is 107 Å². The fourth-order valence-electron chi connectivity index (χ4n) is 2.23. The molecule has 0 aliphatic carbocycles. The van der Waals surface area contributed by atoms with E-state index in [1.54, 1.807) is 13.2 Å². The molecular formula is C13H20FN3O. The fraction of sp³-hybridized carbons (Fsp3) is 0.615. The number of hydrogen-bond donors (Lipinski definition) is 1. The molecule has 0 bridgehead atoms. The molecule has 2 heterocycles. The zero-order valence-corrected chi connectivity index (χ0v) is 10.7. The summed E-state index contributed by atoms with van der Waals surface area (Å²) in [4.78, 5) is 6.29. The molecule has 1 aromatic heterocycles. The molecule has 18 heavy (non-hydrogen) atoms. The lowest BCUT2D eigenvalue weighted by molar-refractivity contribution is 0.204. The van der Waals surface area contributed by atoms with E-state index in [0.717, 1.165) is 25.5 Å². The molecule has 100 valence electrons. The third-order valence-electron chi connectivity index (χ3n) is 3.20. The van der Waals surface area contributed by atoms with E-state index in [2.05, 4.69) is 15.2 Å². The lowest BCUT2D eigenvalue weighted by Gasteiger charge is -2.26. The van der Waals surface area contributed by atoms with Gasteiger partial charge >= 0.3 is 0 Å². The van der Waals surface area contributed by atoms with Crippen LogP contribution in [0.5, 0.6) is 0 Å². The maximum atomic E-state index is 12.9. The second-order valence-electron chi connectivity index (χ2n) is 4.57. The van der Waals surface area contributed by atoms with Crippen LogP contribution in [0.15, 0.2) is 18.3 Å². The average molecular weight is 253 g/mol. The molecule has 0 spiro atoms. The summed E-state index contributed by atoms with van der Waals surface area (Å²) in [7, 11) is 1.68. The molecule has 1 N–H and O–H groups in total. The van der Waals surface area contributed by atoms with Crippen molar-refractivity contribution in [3.63, 3.8) is 0 Å². The lowest BCUT2D eigenvalue weighted by Crippen LogP contribution is -2.39. The van der Waals surface area contributed by atoms with Gasteiger partial charge in [-0.25, -0.2) is 9.37 Å². The third-order valence-corrected chi connectivity index (χ3v) is 3.20. The standard InChI is InChI=1S/C13H20FN3O/c1-18-8-7-17(10-12-3-2-6-15-12)13-5-4-11(14)9-16-13/h4-5,9,12,15H,2-3,6-8,10H2,1H3. The van der Waals surface area contributed by atoms with Crippen LogP contribution in [0.4, 0.5) is 10.2 Å². The first-order chi connectivity index (χ1) is 8.79. The van der Waals surface area contributed by atoms with Gasteiger partial charge in [-0.15, -0.1) is 0 Å². The Morgan fingerprint density at radius 3 is 3.06 bits per heavy atom. The van der Waals surface area contributed by atoms with Crippen LogP contribution in [-0.4, -0.2) is 44.4 Å². The van der Waals surface area contributed by atoms with E-state index in [-0.39, 0.29) is 5.82 Å². The van der Waals surface area contributed by atoms with Gasteiger partial charge in [0.25, 0.3) is 0 Å². The van der Waals surface area contributed by atoms with E-state index in [1.807, 2.05) is 0 Å². The van der Waals surface area contributed by atoms with Crippen LogP contribution >= 0.6 is 0 Å². The van der Waals surface area contributed by atoms with Crippen molar-refractivity contribution in [1.29, 1.82) is 0 Å². The number of aromatic nitrogens is 1. The van der Waals surface area contributed by atoms with Gasteiger partial charge in [-0.1, -0.05) is 0 Å². The highest BCUT2D eigenvalue weighted by molar-refractivity contribution is 5.38. The summed E-state index contributed by atoms with van der Waals surface area (Å²) < 4.78 is 18.0. The van der Waals surface area contributed by atoms with Gasteiger partial charge < -0.3 is 15.0 Å². The first kappa shape index (κ1) is 13.2. The van der Waals surface area contributed by atoms with Gasteiger partial charge in [0.05, 0.1) is 12.8 Å². The van der Waals surface area contributed by atoms with Crippen LogP contribution < -0.4 is 10.2 Å². The van der Waals surface area contributed by atoms with Crippen LogP contribution in [0, 0.1) is 5.82 Å². The molecule has 0 saturated carbocycles. The number of ether oxygens (including phenoxy) is 1. The second-order valence-corrected chi connectivity index (χ2v) is 4.57. The highest BCUT2D eigenvalue weighted by atomic mass is 19.1. The Hall–Kier alpha value is -1.20. The normalized spacial score (nSPS) is 19.1. The SMILES string of the molecule is COCCN(CC1CCCN1)c1ccc(F)cn1. The first-order valence-electron chi connectivity index (χ1n) is 6.38. The Morgan fingerprint density at radius 1 is 1.56 bits per heavy atom. The number of anilines is 1. The van der Waals surface area contributed by atoms with E-state index < -0.39 is 0 Å². The molecule has 1 saturated heterocycles. The summed E-state index contributed by atoms with van der Waals surface area (Å²) in [6, 6.07) is 3.66. The quantitative estimate of drug-likeness (QED) is 0.832. The summed E-state index contributed by atoms with van der Waals surface area (Å²) in [6.07, 6.45) is 3.67.